The van der Waals surface area contributed by atoms with E-state index in [2.05, 4.69) is 5.32 Å². The maximum absolute atomic E-state index is 14.8. The van der Waals surface area contributed by atoms with Crippen LogP contribution >= 0.6 is 23.2 Å². The largest absolute Gasteiger partial charge is 0.495 e. The number of rotatable bonds is 13. The molecule has 1 unspecified atom stereocenters. The molecule has 1 fully saturated rings. The van der Waals surface area contributed by atoms with Crippen LogP contribution in [0.5, 0.6) is 5.75 Å². The molecule has 1 aliphatic carbocycles. The number of carbonyl (C=O) groups excluding carboxylic acids is 2. The average Bonchev–Trinajstić information content (AvgIpc) is 3.10. The molecule has 0 spiro atoms. The fourth-order valence-electron chi connectivity index (χ4n) is 6.12. The zero-order chi connectivity index (χ0) is 35.0. The van der Waals surface area contributed by atoms with E-state index in [9.17, 15) is 18.0 Å². The van der Waals surface area contributed by atoms with Gasteiger partial charge in [-0.15, -0.1) is 0 Å². The van der Waals surface area contributed by atoms with Crippen LogP contribution in [0, 0.1) is 6.92 Å². The average molecular weight is 723 g/mol. The van der Waals surface area contributed by atoms with Crippen LogP contribution < -0.4 is 14.4 Å². The standard InChI is InChI=1S/C38H41Cl2N3O5S/c1-27-17-21-32(22-18-27)49(46,47)43(34-15-9-10-16-36(34)48-2)26-37(44)42(25-29-19-20-30(39)24-33(29)40)35(23-28-11-5-3-6-12-28)38(45)41-31-13-7-4-8-14-31/h3,5-6,9-12,15-22,24,31,35H,4,7-8,13-14,23,25-26H2,1-2H3,(H,41,45). The summed E-state index contributed by atoms with van der Waals surface area (Å²) < 4.78 is 35.3. The topological polar surface area (TPSA) is 96.0 Å². The molecular weight excluding hydrogens is 681 g/mol. The van der Waals surface area contributed by atoms with Gasteiger partial charge < -0.3 is 15.0 Å². The Bertz CT molecular complexity index is 1850. The number of anilines is 1. The van der Waals surface area contributed by atoms with E-state index >= 15 is 0 Å². The monoisotopic (exact) mass is 721 g/mol. The number of methoxy groups -OCH3 is 1. The molecule has 5 rings (SSSR count). The summed E-state index contributed by atoms with van der Waals surface area (Å²) in [6, 6.07) is 26.5. The maximum atomic E-state index is 14.8. The SMILES string of the molecule is COc1ccccc1N(CC(=O)N(Cc1ccc(Cl)cc1Cl)C(Cc1ccccc1)C(=O)NC1CCCCC1)S(=O)(=O)c1ccc(C)cc1. The van der Waals surface area contributed by atoms with E-state index in [-0.39, 0.29) is 41.2 Å². The number of nitrogens with zero attached hydrogens (tertiary/aromatic N) is 2. The molecule has 4 aromatic carbocycles. The van der Waals surface area contributed by atoms with Crippen LogP contribution in [-0.2, 0) is 32.6 Å². The van der Waals surface area contributed by atoms with E-state index < -0.39 is 28.5 Å². The minimum Gasteiger partial charge on any atom is -0.495 e. The number of benzene rings is 4. The Labute approximate surface area is 299 Å². The van der Waals surface area contributed by atoms with Crippen molar-refractivity contribution < 1.29 is 22.7 Å². The lowest BCUT2D eigenvalue weighted by molar-refractivity contribution is -0.140. The van der Waals surface area contributed by atoms with E-state index in [1.165, 1.54) is 24.1 Å². The van der Waals surface area contributed by atoms with Gasteiger partial charge in [0.1, 0.15) is 18.3 Å². The van der Waals surface area contributed by atoms with E-state index in [0.717, 1.165) is 47.5 Å². The van der Waals surface area contributed by atoms with Crippen molar-refractivity contribution in [1.82, 2.24) is 10.2 Å². The molecule has 49 heavy (non-hydrogen) atoms. The Kier molecular flexibility index (Phi) is 12.3. The molecule has 1 atom stereocenters. The Balaban J connectivity index is 1.60. The first-order valence-corrected chi connectivity index (χ1v) is 18.6. The second-order valence-electron chi connectivity index (χ2n) is 12.3. The van der Waals surface area contributed by atoms with Crippen molar-refractivity contribution in [2.75, 3.05) is 18.0 Å². The highest BCUT2D eigenvalue weighted by Crippen LogP contribution is 2.33. The van der Waals surface area contributed by atoms with Crippen molar-refractivity contribution in [2.24, 2.45) is 0 Å². The minimum absolute atomic E-state index is 0.0115. The Morgan fingerprint density at radius 1 is 0.898 bits per heavy atom. The molecule has 8 nitrogen and oxygen atoms in total. The van der Waals surface area contributed by atoms with Crippen LogP contribution in [0.3, 0.4) is 0 Å². The number of ether oxygens (including phenoxy) is 1. The van der Waals surface area contributed by atoms with Crippen molar-refractivity contribution in [3.63, 3.8) is 0 Å². The third-order valence-corrected chi connectivity index (χ3v) is 11.2. The van der Waals surface area contributed by atoms with Crippen LogP contribution in [0.15, 0.2) is 102 Å². The molecule has 0 bridgehead atoms. The quantitative estimate of drug-likeness (QED) is 0.154. The number of para-hydroxylation sites is 2. The van der Waals surface area contributed by atoms with Crippen molar-refractivity contribution >= 4 is 50.7 Å². The first kappa shape index (κ1) is 36.2. The summed E-state index contributed by atoms with van der Waals surface area (Å²) >= 11 is 12.9. The van der Waals surface area contributed by atoms with E-state index in [1.54, 1.807) is 54.6 Å². The number of carbonyl (C=O) groups is 2. The fourth-order valence-corrected chi connectivity index (χ4v) is 8.01. The lowest BCUT2D eigenvalue weighted by Crippen LogP contribution is -2.55. The summed E-state index contributed by atoms with van der Waals surface area (Å²) in [5, 5.41) is 3.96. The molecule has 1 aliphatic rings. The van der Waals surface area contributed by atoms with Gasteiger partial charge in [-0.2, -0.15) is 0 Å². The van der Waals surface area contributed by atoms with Gasteiger partial charge in [0, 0.05) is 29.1 Å². The van der Waals surface area contributed by atoms with E-state index in [4.69, 9.17) is 27.9 Å². The first-order chi connectivity index (χ1) is 23.6. The fraction of sp³-hybridized carbons (Fsp3) is 0.316. The van der Waals surface area contributed by atoms with Crippen LogP contribution in [0.1, 0.15) is 48.8 Å². The second-order valence-corrected chi connectivity index (χ2v) is 15.0. The first-order valence-electron chi connectivity index (χ1n) is 16.4. The number of amides is 2. The highest BCUT2D eigenvalue weighted by Gasteiger charge is 2.36. The predicted molar refractivity (Wildman–Crippen MR) is 195 cm³/mol. The van der Waals surface area contributed by atoms with Gasteiger partial charge >= 0.3 is 0 Å². The highest BCUT2D eigenvalue weighted by atomic mass is 35.5. The zero-order valence-electron chi connectivity index (χ0n) is 27.6. The minimum atomic E-state index is -4.28. The van der Waals surface area contributed by atoms with E-state index in [0.29, 0.717) is 15.6 Å². The number of hydrogen-bond donors (Lipinski definition) is 1. The third kappa shape index (κ3) is 9.15. The molecule has 0 aliphatic heterocycles. The van der Waals surface area contributed by atoms with Gasteiger partial charge in [-0.3, -0.25) is 13.9 Å². The van der Waals surface area contributed by atoms with Crippen molar-refractivity contribution in [3.05, 3.63) is 124 Å². The number of halogens is 2. The number of sulfonamides is 1. The number of aryl methyl sites for hydroxylation is 1. The van der Waals surface area contributed by atoms with Crippen LogP contribution in [0.25, 0.3) is 0 Å². The molecule has 2 amide bonds. The lowest BCUT2D eigenvalue weighted by Gasteiger charge is -2.35. The van der Waals surface area contributed by atoms with Crippen LogP contribution in [0.2, 0.25) is 10.0 Å². The molecule has 0 radical (unpaired) electrons. The van der Waals surface area contributed by atoms with Gasteiger partial charge in [-0.1, -0.05) is 109 Å². The summed E-state index contributed by atoms with van der Waals surface area (Å²) in [5.74, 6) is -0.624. The summed E-state index contributed by atoms with van der Waals surface area (Å²) in [4.78, 5) is 30.5. The zero-order valence-corrected chi connectivity index (χ0v) is 30.0. The van der Waals surface area contributed by atoms with Crippen molar-refractivity contribution in [2.45, 2.75) is 69.0 Å². The molecule has 11 heteroatoms. The van der Waals surface area contributed by atoms with Gasteiger partial charge in [-0.05, 0) is 67.3 Å². The van der Waals surface area contributed by atoms with Gasteiger partial charge in [0.15, 0.2) is 0 Å². The Hall–Kier alpha value is -4.05. The Morgan fingerprint density at radius 2 is 1.57 bits per heavy atom. The molecule has 0 aromatic heterocycles. The molecule has 0 saturated heterocycles. The normalized spacial score (nSPS) is 14.1. The van der Waals surface area contributed by atoms with Gasteiger partial charge in [-0.25, -0.2) is 8.42 Å². The van der Waals surface area contributed by atoms with Gasteiger partial charge in [0.2, 0.25) is 11.8 Å². The van der Waals surface area contributed by atoms with Crippen molar-refractivity contribution in [1.29, 1.82) is 0 Å². The number of nitrogens with one attached hydrogen (secondary N) is 1. The third-order valence-electron chi connectivity index (χ3n) is 8.82. The summed E-state index contributed by atoms with van der Waals surface area (Å²) in [5.41, 5.74) is 2.49. The lowest BCUT2D eigenvalue weighted by atomic mass is 9.94. The predicted octanol–water partition coefficient (Wildman–Crippen LogP) is 7.59. The smallest absolute Gasteiger partial charge is 0.264 e. The Morgan fingerprint density at radius 3 is 2.24 bits per heavy atom. The van der Waals surface area contributed by atoms with E-state index in [1.807, 2.05) is 37.3 Å². The van der Waals surface area contributed by atoms with Gasteiger partial charge in [0.05, 0.1) is 17.7 Å². The maximum Gasteiger partial charge on any atom is 0.264 e. The van der Waals surface area contributed by atoms with Crippen LogP contribution in [0.4, 0.5) is 5.69 Å². The van der Waals surface area contributed by atoms with Crippen molar-refractivity contribution in [3.8, 4) is 5.75 Å². The molecule has 258 valence electrons. The summed E-state index contributed by atoms with van der Waals surface area (Å²) in [6.07, 6.45) is 5.07. The second kappa shape index (κ2) is 16.6. The molecule has 4 aromatic rings. The summed E-state index contributed by atoms with van der Waals surface area (Å²) in [7, 11) is -2.84. The number of hydrogen-bond acceptors (Lipinski definition) is 5. The molecule has 1 N–H and O–H groups in total. The molecule has 1 saturated carbocycles. The van der Waals surface area contributed by atoms with Crippen LogP contribution in [-0.4, -0.2) is 50.9 Å². The van der Waals surface area contributed by atoms with Gasteiger partial charge in [0.25, 0.3) is 10.0 Å². The molecular formula is C38H41Cl2N3O5S. The summed E-state index contributed by atoms with van der Waals surface area (Å²) in [6.45, 7) is 1.20. The molecule has 0 heterocycles. The highest BCUT2D eigenvalue weighted by molar-refractivity contribution is 7.92.